The molecule has 0 spiro atoms. The van der Waals surface area contributed by atoms with Gasteiger partial charge in [0.25, 0.3) is 0 Å². The largest absolute Gasteiger partial charge is 0.478 e. The first-order valence-corrected chi connectivity index (χ1v) is 6.03. The van der Waals surface area contributed by atoms with E-state index in [2.05, 4.69) is 5.10 Å². The Kier molecular flexibility index (Phi) is 3.79. The molecule has 1 heterocycles. The lowest BCUT2D eigenvalue weighted by Gasteiger charge is -1.96. The van der Waals surface area contributed by atoms with Crippen molar-refractivity contribution in [3.8, 4) is 0 Å². The average molecular weight is 270 g/mol. The van der Waals surface area contributed by atoms with Crippen LogP contribution in [0.5, 0.6) is 0 Å². The molecule has 0 fully saturated rings. The third-order valence-electron chi connectivity index (χ3n) is 2.86. The first-order valence-electron chi connectivity index (χ1n) is 6.03. The van der Waals surface area contributed by atoms with E-state index in [0.29, 0.717) is 11.3 Å². The fourth-order valence-corrected chi connectivity index (χ4v) is 1.84. The number of carboxylic acids is 1. The van der Waals surface area contributed by atoms with Gasteiger partial charge in [0.15, 0.2) is 5.78 Å². The van der Waals surface area contributed by atoms with Gasteiger partial charge < -0.3 is 5.11 Å². The highest BCUT2D eigenvalue weighted by atomic mass is 16.4. The molecule has 0 saturated carbocycles. The van der Waals surface area contributed by atoms with Gasteiger partial charge in [0.1, 0.15) is 0 Å². The Morgan fingerprint density at radius 2 is 1.90 bits per heavy atom. The second kappa shape index (κ2) is 5.52. The van der Waals surface area contributed by atoms with E-state index in [1.807, 2.05) is 0 Å². The number of benzene rings is 1. The van der Waals surface area contributed by atoms with Crippen LogP contribution < -0.4 is 0 Å². The molecule has 5 heteroatoms. The molecule has 0 aliphatic heterocycles. The predicted octanol–water partition coefficient (Wildman–Crippen LogP) is 2.32. The maximum absolute atomic E-state index is 12.0. The van der Waals surface area contributed by atoms with Gasteiger partial charge in [-0.25, -0.2) is 4.79 Å². The van der Waals surface area contributed by atoms with Gasteiger partial charge in [0.2, 0.25) is 0 Å². The number of carbonyl (C=O) groups excluding carboxylic acids is 1. The lowest BCUT2D eigenvalue weighted by Crippen LogP contribution is -1.96. The van der Waals surface area contributed by atoms with E-state index >= 15 is 0 Å². The zero-order chi connectivity index (χ0) is 14.7. The minimum absolute atomic E-state index is 0.127. The van der Waals surface area contributed by atoms with Crippen LogP contribution in [0, 0.1) is 6.92 Å². The van der Waals surface area contributed by atoms with Crippen LogP contribution in [0.25, 0.3) is 6.08 Å². The fraction of sp³-hybridized carbons (Fsp3) is 0.133. The van der Waals surface area contributed by atoms with Crippen LogP contribution in [0.4, 0.5) is 0 Å². The molecule has 0 aliphatic carbocycles. The van der Waals surface area contributed by atoms with Crippen LogP contribution in [-0.4, -0.2) is 26.6 Å². The number of aromatic nitrogens is 2. The molecule has 0 bridgehead atoms. The fourth-order valence-electron chi connectivity index (χ4n) is 1.84. The number of allylic oxidation sites excluding steroid dienone is 1. The molecule has 0 amide bonds. The van der Waals surface area contributed by atoms with E-state index in [4.69, 9.17) is 5.11 Å². The zero-order valence-corrected chi connectivity index (χ0v) is 11.2. The van der Waals surface area contributed by atoms with Crippen molar-refractivity contribution in [2.75, 3.05) is 0 Å². The third kappa shape index (κ3) is 3.00. The van der Waals surface area contributed by atoms with Gasteiger partial charge in [-0.1, -0.05) is 18.2 Å². The van der Waals surface area contributed by atoms with Crippen molar-refractivity contribution in [2.45, 2.75) is 6.92 Å². The number of hydrogen-bond acceptors (Lipinski definition) is 3. The van der Waals surface area contributed by atoms with E-state index in [1.165, 1.54) is 18.2 Å². The summed E-state index contributed by atoms with van der Waals surface area (Å²) in [5.41, 5.74) is 2.23. The van der Waals surface area contributed by atoms with E-state index in [0.717, 1.165) is 5.56 Å². The molecule has 0 aliphatic rings. The number of ketones is 1. The van der Waals surface area contributed by atoms with Crippen molar-refractivity contribution in [1.82, 2.24) is 9.78 Å². The van der Waals surface area contributed by atoms with Gasteiger partial charge in [-0.15, -0.1) is 0 Å². The third-order valence-corrected chi connectivity index (χ3v) is 2.86. The van der Waals surface area contributed by atoms with E-state index in [1.54, 1.807) is 43.1 Å². The van der Waals surface area contributed by atoms with Gasteiger partial charge in [-0.05, 0) is 30.7 Å². The van der Waals surface area contributed by atoms with Gasteiger partial charge >= 0.3 is 5.97 Å². The van der Waals surface area contributed by atoms with E-state index in [9.17, 15) is 9.59 Å². The summed E-state index contributed by atoms with van der Waals surface area (Å²) in [7, 11) is 1.76. The van der Waals surface area contributed by atoms with Crippen LogP contribution in [0.1, 0.15) is 32.0 Å². The molecule has 20 heavy (non-hydrogen) atoms. The molecule has 1 aromatic carbocycles. The van der Waals surface area contributed by atoms with Crippen molar-refractivity contribution < 1.29 is 14.7 Å². The monoisotopic (exact) mass is 270 g/mol. The highest BCUT2D eigenvalue weighted by molar-refractivity contribution is 6.07. The first-order chi connectivity index (χ1) is 9.47. The van der Waals surface area contributed by atoms with Crippen molar-refractivity contribution >= 4 is 17.8 Å². The van der Waals surface area contributed by atoms with Gasteiger partial charge in [0.05, 0.1) is 16.8 Å². The molecule has 2 aromatic rings. The number of hydrogen-bond donors (Lipinski definition) is 1. The van der Waals surface area contributed by atoms with Crippen molar-refractivity contribution in [2.24, 2.45) is 7.05 Å². The zero-order valence-electron chi connectivity index (χ0n) is 11.2. The number of aryl methyl sites for hydroxylation is 2. The summed E-state index contributed by atoms with van der Waals surface area (Å²) in [6.07, 6.45) is 4.79. The molecule has 102 valence electrons. The Morgan fingerprint density at radius 1 is 1.25 bits per heavy atom. The Morgan fingerprint density at radius 3 is 2.40 bits per heavy atom. The Hall–Kier alpha value is -2.69. The average Bonchev–Trinajstić information content (AvgIpc) is 2.75. The minimum Gasteiger partial charge on any atom is -0.478 e. The van der Waals surface area contributed by atoms with Gasteiger partial charge in [0, 0.05) is 13.2 Å². The number of carbonyl (C=O) groups is 2. The summed E-state index contributed by atoms with van der Waals surface area (Å²) >= 11 is 0. The molecule has 1 aromatic heterocycles. The summed E-state index contributed by atoms with van der Waals surface area (Å²) in [5.74, 6) is -1.10. The van der Waals surface area contributed by atoms with Crippen LogP contribution in [0.3, 0.4) is 0 Å². The van der Waals surface area contributed by atoms with Crippen LogP contribution in [0.2, 0.25) is 0 Å². The van der Waals surface area contributed by atoms with Crippen LogP contribution >= 0.6 is 0 Å². The maximum atomic E-state index is 12.0. The molecule has 5 nitrogen and oxygen atoms in total. The summed E-state index contributed by atoms with van der Waals surface area (Å²) in [5, 5.41) is 12.9. The van der Waals surface area contributed by atoms with Gasteiger partial charge in [-0.2, -0.15) is 5.10 Å². The molecule has 0 atom stereocenters. The normalized spacial score (nSPS) is 10.9. The van der Waals surface area contributed by atoms with Crippen molar-refractivity contribution in [3.05, 3.63) is 58.9 Å². The highest BCUT2D eigenvalue weighted by Gasteiger charge is 2.09. The van der Waals surface area contributed by atoms with Crippen molar-refractivity contribution in [1.29, 1.82) is 0 Å². The predicted molar refractivity (Wildman–Crippen MR) is 74.7 cm³/mol. The number of aromatic carboxylic acids is 1. The summed E-state index contributed by atoms with van der Waals surface area (Å²) in [6.45, 7) is 1.78. The Bertz CT molecular complexity index is 682. The Balaban J connectivity index is 2.15. The lowest BCUT2D eigenvalue weighted by atomic mass is 10.1. The summed E-state index contributed by atoms with van der Waals surface area (Å²) < 4.78 is 1.60. The quantitative estimate of drug-likeness (QED) is 0.683. The molecular weight excluding hydrogens is 256 g/mol. The number of rotatable bonds is 4. The number of carboxylic acid groups (broad SMARTS) is 1. The highest BCUT2D eigenvalue weighted by Crippen LogP contribution is 2.10. The van der Waals surface area contributed by atoms with Crippen LogP contribution in [-0.2, 0) is 7.05 Å². The minimum atomic E-state index is -0.970. The second-order valence-electron chi connectivity index (χ2n) is 4.43. The molecule has 0 unspecified atom stereocenters. The van der Waals surface area contributed by atoms with Gasteiger partial charge in [-0.3, -0.25) is 9.48 Å². The summed E-state index contributed by atoms with van der Waals surface area (Å²) in [4.78, 5) is 22.7. The molecule has 0 radical (unpaired) electrons. The summed E-state index contributed by atoms with van der Waals surface area (Å²) in [6, 6.07) is 6.32. The first kappa shape index (κ1) is 13.7. The van der Waals surface area contributed by atoms with Crippen molar-refractivity contribution in [3.63, 3.8) is 0 Å². The van der Waals surface area contributed by atoms with E-state index < -0.39 is 5.97 Å². The number of nitrogens with zero attached hydrogens (tertiary/aromatic N) is 2. The topological polar surface area (TPSA) is 72.2 Å². The van der Waals surface area contributed by atoms with E-state index in [-0.39, 0.29) is 11.3 Å². The molecule has 1 N–H and O–H groups in total. The maximum Gasteiger partial charge on any atom is 0.335 e. The molecule has 2 rings (SSSR count). The molecule has 0 saturated heterocycles. The smallest absolute Gasteiger partial charge is 0.335 e. The SMILES string of the molecule is Cc1nn(C)cc1C(=O)C=Cc1ccc(C(=O)O)cc1. The van der Waals surface area contributed by atoms with Crippen LogP contribution in [0.15, 0.2) is 36.5 Å². The second-order valence-corrected chi connectivity index (χ2v) is 4.43. The lowest BCUT2D eigenvalue weighted by molar-refractivity contribution is 0.0696. The standard InChI is InChI=1S/C15H14N2O3/c1-10-13(9-17(2)16-10)14(18)8-5-11-3-6-12(7-4-11)15(19)20/h3-9H,1-2H3,(H,19,20). The molecular formula is C15H14N2O3. The Labute approximate surface area is 116 Å².